The van der Waals surface area contributed by atoms with Crippen LogP contribution in [-0.2, 0) is 11.3 Å². The summed E-state index contributed by atoms with van der Waals surface area (Å²) < 4.78 is 6.77. The van der Waals surface area contributed by atoms with Gasteiger partial charge in [-0.2, -0.15) is 0 Å². The summed E-state index contributed by atoms with van der Waals surface area (Å²) in [4.78, 5) is 18.5. The molecule has 0 bridgehead atoms. The van der Waals surface area contributed by atoms with Gasteiger partial charge in [-0.1, -0.05) is 29.8 Å². The molecule has 1 heterocycles. The number of carbonyl (C=O) groups excluding carboxylic acids is 1. The molecule has 4 nitrogen and oxygen atoms in total. The highest BCUT2D eigenvalue weighted by atomic mass is 32.1. The smallest absolute Gasteiger partial charge is 0.226 e. The zero-order chi connectivity index (χ0) is 16.9. The van der Waals surface area contributed by atoms with E-state index < -0.39 is 0 Å². The Bertz CT molecular complexity index is 794. The molecule has 3 aromatic rings. The maximum absolute atomic E-state index is 12.2. The number of thiazole rings is 1. The van der Waals surface area contributed by atoms with E-state index in [1.165, 1.54) is 5.56 Å². The summed E-state index contributed by atoms with van der Waals surface area (Å²) in [6.07, 6.45) is 0.356. The number of benzene rings is 2. The Kier molecular flexibility index (Phi) is 5.11. The van der Waals surface area contributed by atoms with Crippen LogP contribution < -0.4 is 4.74 Å². The molecule has 1 aromatic heterocycles. The molecule has 1 amide bonds. The Morgan fingerprint density at radius 1 is 1.17 bits per heavy atom. The van der Waals surface area contributed by atoms with Crippen molar-refractivity contribution < 1.29 is 9.53 Å². The van der Waals surface area contributed by atoms with Crippen molar-refractivity contribution >= 4 is 27.5 Å². The number of hydrogen-bond acceptors (Lipinski definition) is 4. The largest absolute Gasteiger partial charge is 0.493 e. The normalized spacial score (nSPS) is 10.8. The van der Waals surface area contributed by atoms with Crippen LogP contribution in [0.2, 0.25) is 0 Å². The highest BCUT2D eigenvalue weighted by molar-refractivity contribution is 7.18. The summed E-state index contributed by atoms with van der Waals surface area (Å²) in [5, 5.41) is 0.950. The molecule has 2 aromatic carbocycles. The second-order valence-electron chi connectivity index (χ2n) is 5.74. The first-order valence-electron chi connectivity index (χ1n) is 7.90. The summed E-state index contributed by atoms with van der Waals surface area (Å²) in [6, 6.07) is 15.9. The third-order valence-corrected chi connectivity index (χ3v) is 4.76. The molecule has 0 saturated heterocycles. The van der Waals surface area contributed by atoms with E-state index in [1.807, 2.05) is 55.5 Å². The molecule has 0 N–H and O–H groups in total. The number of rotatable bonds is 6. The lowest BCUT2D eigenvalue weighted by atomic mass is 10.2. The van der Waals surface area contributed by atoms with Crippen LogP contribution in [0.4, 0.5) is 0 Å². The molecule has 0 aliphatic heterocycles. The minimum Gasteiger partial charge on any atom is -0.493 e. The molecule has 0 spiro atoms. The summed E-state index contributed by atoms with van der Waals surface area (Å²) in [5.74, 6) is 0.851. The zero-order valence-electron chi connectivity index (χ0n) is 13.9. The molecule has 0 radical (unpaired) electrons. The Morgan fingerprint density at radius 2 is 1.92 bits per heavy atom. The lowest BCUT2D eigenvalue weighted by Gasteiger charge is -2.15. The van der Waals surface area contributed by atoms with Crippen LogP contribution in [0.25, 0.3) is 10.2 Å². The van der Waals surface area contributed by atoms with Crippen LogP contribution in [0.3, 0.4) is 0 Å². The summed E-state index contributed by atoms with van der Waals surface area (Å²) in [6.45, 7) is 2.94. The molecule has 0 aliphatic rings. The number of para-hydroxylation sites is 1. The fourth-order valence-corrected chi connectivity index (χ4v) is 3.38. The van der Waals surface area contributed by atoms with E-state index in [4.69, 9.17) is 4.74 Å². The van der Waals surface area contributed by atoms with Crippen LogP contribution in [0.5, 0.6) is 5.75 Å². The monoisotopic (exact) mass is 340 g/mol. The topological polar surface area (TPSA) is 42.4 Å². The Balaban J connectivity index is 1.50. The van der Waals surface area contributed by atoms with Gasteiger partial charge >= 0.3 is 0 Å². The lowest BCUT2D eigenvalue weighted by molar-refractivity contribution is -0.130. The van der Waals surface area contributed by atoms with Gasteiger partial charge in [-0.05, 0) is 31.2 Å². The summed E-state index contributed by atoms with van der Waals surface area (Å²) in [5.41, 5.74) is 2.18. The number of ether oxygens (including phenoxy) is 1. The standard InChI is InChI=1S/C19H20N2O2S/c1-14-7-9-15(10-8-14)23-12-11-19(22)21(2)13-18-20-16-5-3-4-6-17(16)24-18/h3-10H,11-13H2,1-2H3. The highest BCUT2D eigenvalue weighted by Crippen LogP contribution is 2.22. The fraction of sp³-hybridized carbons (Fsp3) is 0.263. The lowest BCUT2D eigenvalue weighted by Crippen LogP contribution is -2.27. The van der Waals surface area contributed by atoms with E-state index in [0.29, 0.717) is 19.6 Å². The molecule has 0 fully saturated rings. The van der Waals surface area contributed by atoms with Crippen LogP contribution in [0, 0.1) is 6.92 Å². The first kappa shape index (κ1) is 16.5. The quantitative estimate of drug-likeness (QED) is 0.680. The number of carbonyl (C=O) groups is 1. The van der Waals surface area contributed by atoms with Crippen LogP contribution in [-0.4, -0.2) is 29.4 Å². The predicted octanol–water partition coefficient (Wildman–Crippen LogP) is 4.03. The summed E-state index contributed by atoms with van der Waals surface area (Å²) in [7, 11) is 1.81. The van der Waals surface area contributed by atoms with Gasteiger partial charge in [-0.25, -0.2) is 4.98 Å². The van der Waals surface area contributed by atoms with E-state index in [-0.39, 0.29) is 5.91 Å². The van der Waals surface area contributed by atoms with Gasteiger partial charge in [-0.3, -0.25) is 4.79 Å². The summed E-state index contributed by atoms with van der Waals surface area (Å²) >= 11 is 1.63. The minimum atomic E-state index is 0.0568. The molecule has 124 valence electrons. The van der Waals surface area contributed by atoms with Gasteiger partial charge in [0, 0.05) is 7.05 Å². The Hall–Kier alpha value is -2.40. The van der Waals surface area contributed by atoms with Crippen molar-refractivity contribution in [1.82, 2.24) is 9.88 Å². The molecule has 0 unspecified atom stereocenters. The first-order chi connectivity index (χ1) is 11.6. The number of hydrogen-bond donors (Lipinski definition) is 0. The molecule has 5 heteroatoms. The molecule has 0 aliphatic carbocycles. The number of nitrogens with zero attached hydrogens (tertiary/aromatic N) is 2. The molecule has 3 rings (SSSR count). The number of aryl methyl sites for hydroxylation is 1. The van der Waals surface area contributed by atoms with Crippen LogP contribution in [0.15, 0.2) is 48.5 Å². The highest BCUT2D eigenvalue weighted by Gasteiger charge is 2.12. The minimum absolute atomic E-state index is 0.0568. The maximum Gasteiger partial charge on any atom is 0.226 e. The maximum atomic E-state index is 12.2. The molecular formula is C19H20N2O2S. The van der Waals surface area contributed by atoms with E-state index in [0.717, 1.165) is 21.0 Å². The van der Waals surface area contributed by atoms with Crippen molar-refractivity contribution in [3.63, 3.8) is 0 Å². The third-order valence-electron chi connectivity index (χ3n) is 3.74. The number of amides is 1. The van der Waals surface area contributed by atoms with E-state index >= 15 is 0 Å². The predicted molar refractivity (Wildman–Crippen MR) is 97.4 cm³/mol. The molecule has 24 heavy (non-hydrogen) atoms. The first-order valence-corrected chi connectivity index (χ1v) is 8.71. The van der Waals surface area contributed by atoms with Crippen molar-refractivity contribution in [3.8, 4) is 5.75 Å². The van der Waals surface area contributed by atoms with Crippen LogP contribution in [0.1, 0.15) is 17.0 Å². The van der Waals surface area contributed by atoms with E-state index in [9.17, 15) is 4.79 Å². The SMILES string of the molecule is Cc1ccc(OCCC(=O)N(C)Cc2nc3ccccc3s2)cc1. The second-order valence-corrected chi connectivity index (χ2v) is 6.85. The van der Waals surface area contributed by atoms with E-state index in [1.54, 1.807) is 23.3 Å². The Labute approximate surface area is 145 Å². The van der Waals surface area contributed by atoms with Crippen molar-refractivity contribution in [2.24, 2.45) is 0 Å². The van der Waals surface area contributed by atoms with Gasteiger partial charge < -0.3 is 9.64 Å². The van der Waals surface area contributed by atoms with Crippen molar-refractivity contribution in [2.75, 3.05) is 13.7 Å². The molecular weight excluding hydrogens is 320 g/mol. The number of aromatic nitrogens is 1. The van der Waals surface area contributed by atoms with Gasteiger partial charge in [0.25, 0.3) is 0 Å². The van der Waals surface area contributed by atoms with Gasteiger partial charge in [0.15, 0.2) is 0 Å². The van der Waals surface area contributed by atoms with Gasteiger partial charge in [-0.15, -0.1) is 11.3 Å². The molecule has 0 atom stereocenters. The second kappa shape index (κ2) is 7.45. The average Bonchev–Trinajstić information content (AvgIpc) is 2.98. The van der Waals surface area contributed by atoms with Crippen molar-refractivity contribution in [2.45, 2.75) is 19.9 Å². The van der Waals surface area contributed by atoms with Crippen LogP contribution >= 0.6 is 11.3 Å². The number of fused-ring (bicyclic) bond motifs is 1. The van der Waals surface area contributed by atoms with Gasteiger partial charge in [0.2, 0.25) is 5.91 Å². The molecule has 0 saturated carbocycles. The van der Waals surface area contributed by atoms with E-state index in [2.05, 4.69) is 4.98 Å². The van der Waals surface area contributed by atoms with Crippen molar-refractivity contribution in [3.05, 3.63) is 59.1 Å². The zero-order valence-corrected chi connectivity index (χ0v) is 14.7. The fourth-order valence-electron chi connectivity index (χ4n) is 2.36. The Morgan fingerprint density at radius 3 is 2.67 bits per heavy atom. The van der Waals surface area contributed by atoms with Gasteiger partial charge in [0.05, 0.1) is 29.8 Å². The van der Waals surface area contributed by atoms with Crippen molar-refractivity contribution in [1.29, 1.82) is 0 Å². The van der Waals surface area contributed by atoms with Gasteiger partial charge in [0.1, 0.15) is 10.8 Å². The third kappa shape index (κ3) is 4.11. The average molecular weight is 340 g/mol.